The van der Waals surface area contributed by atoms with Gasteiger partial charge in [0, 0.05) is 22.2 Å². The van der Waals surface area contributed by atoms with Gasteiger partial charge in [-0.05, 0) is 41.4 Å². The Morgan fingerprint density at radius 2 is 1.88 bits per heavy atom. The number of hydrogen-bond donors (Lipinski definition) is 1. The molecule has 1 aliphatic rings. The van der Waals surface area contributed by atoms with Crippen LogP contribution in [0, 0.1) is 0 Å². The summed E-state index contributed by atoms with van der Waals surface area (Å²) >= 11 is 5.91. The van der Waals surface area contributed by atoms with Crippen LogP contribution in [0.3, 0.4) is 0 Å². The van der Waals surface area contributed by atoms with Crippen LogP contribution in [-0.4, -0.2) is 25.4 Å². The van der Waals surface area contributed by atoms with Gasteiger partial charge in [-0.3, -0.25) is 0 Å². The minimum absolute atomic E-state index is 0.201. The molecule has 0 amide bonds. The molecule has 1 aliphatic heterocycles. The highest BCUT2D eigenvalue weighted by atomic mass is 32.1. The first kappa shape index (κ1) is 16.1. The van der Waals surface area contributed by atoms with Crippen LogP contribution in [0.4, 0.5) is 0 Å². The number of aromatic nitrogens is 1. The molecular formula is C18H15NO4S2. The standard InChI is InChI=1S/C18H15NO4S2/c1-20-13-4-3-10(7-16(13)24)12-8-19-25-18(12)11-5-14(21-2)17-15(6-11)22-9-23-17/h3-8,24H,9H2,1-2H3. The van der Waals surface area contributed by atoms with E-state index in [1.54, 1.807) is 14.2 Å². The lowest BCUT2D eigenvalue weighted by Crippen LogP contribution is -1.93. The largest absolute Gasteiger partial charge is 0.496 e. The van der Waals surface area contributed by atoms with E-state index in [1.165, 1.54) is 11.5 Å². The molecule has 0 unspecified atom stereocenters. The average molecular weight is 373 g/mol. The van der Waals surface area contributed by atoms with Gasteiger partial charge in [-0.1, -0.05) is 6.07 Å². The first-order valence-corrected chi connectivity index (χ1v) is 8.73. The highest BCUT2D eigenvalue weighted by molar-refractivity contribution is 7.80. The maximum absolute atomic E-state index is 5.53. The van der Waals surface area contributed by atoms with Crippen molar-refractivity contribution in [3.05, 3.63) is 36.5 Å². The van der Waals surface area contributed by atoms with Crippen molar-refractivity contribution in [2.24, 2.45) is 0 Å². The van der Waals surface area contributed by atoms with Crippen molar-refractivity contribution in [3.63, 3.8) is 0 Å². The van der Waals surface area contributed by atoms with Crippen molar-refractivity contribution in [1.29, 1.82) is 0 Å². The average Bonchev–Trinajstić information content (AvgIpc) is 3.29. The molecule has 0 aliphatic carbocycles. The fourth-order valence-electron chi connectivity index (χ4n) is 2.77. The maximum Gasteiger partial charge on any atom is 0.231 e. The van der Waals surface area contributed by atoms with E-state index in [4.69, 9.17) is 18.9 Å². The second kappa shape index (κ2) is 6.50. The molecule has 0 N–H and O–H groups in total. The third kappa shape index (κ3) is 2.79. The summed E-state index contributed by atoms with van der Waals surface area (Å²) in [7, 11) is 3.25. The summed E-state index contributed by atoms with van der Waals surface area (Å²) in [5.74, 6) is 2.70. The van der Waals surface area contributed by atoms with Gasteiger partial charge in [0.05, 0.1) is 19.1 Å². The molecule has 7 heteroatoms. The van der Waals surface area contributed by atoms with Crippen LogP contribution >= 0.6 is 24.2 Å². The predicted molar refractivity (Wildman–Crippen MR) is 99.5 cm³/mol. The van der Waals surface area contributed by atoms with Crippen molar-refractivity contribution in [2.75, 3.05) is 21.0 Å². The van der Waals surface area contributed by atoms with Crippen LogP contribution in [0.15, 0.2) is 41.4 Å². The molecule has 2 heterocycles. The van der Waals surface area contributed by atoms with Gasteiger partial charge < -0.3 is 18.9 Å². The predicted octanol–water partition coefficient (Wildman–Crippen LogP) is 4.51. The van der Waals surface area contributed by atoms with Gasteiger partial charge in [-0.15, -0.1) is 12.6 Å². The molecule has 5 nitrogen and oxygen atoms in total. The second-order valence-corrected chi connectivity index (χ2v) is 6.65. The Bertz CT molecular complexity index is 939. The van der Waals surface area contributed by atoms with Gasteiger partial charge in [0.15, 0.2) is 11.5 Å². The third-order valence-electron chi connectivity index (χ3n) is 3.98. The van der Waals surface area contributed by atoms with Crippen LogP contribution < -0.4 is 18.9 Å². The normalized spacial score (nSPS) is 12.3. The molecule has 0 radical (unpaired) electrons. The number of methoxy groups -OCH3 is 2. The fourth-order valence-corrected chi connectivity index (χ4v) is 3.83. The smallest absolute Gasteiger partial charge is 0.231 e. The first-order valence-electron chi connectivity index (χ1n) is 7.51. The molecule has 0 saturated carbocycles. The Labute approximate surface area is 154 Å². The Hall–Kier alpha value is -2.38. The molecule has 25 heavy (non-hydrogen) atoms. The SMILES string of the molecule is COc1ccc(-c2cnsc2-c2cc(OC)c3c(c2)OCO3)cc1S. The van der Waals surface area contributed by atoms with Crippen molar-refractivity contribution >= 4 is 24.2 Å². The minimum atomic E-state index is 0.201. The lowest BCUT2D eigenvalue weighted by atomic mass is 10.0. The highest BCUT2D eigenvalue weighted by Crippen LogP contribution is 2.46. The number of thiol groups is 1. The van der Waals surface area contributed by atoms with Crippen LogP contribution in [0.5, 0.6) is 23.0 Å². The van der Waals surface area contributed by atoms with Gasteiger partial charge in [0.2, 0.25) is 12.5 Å². The van der Waals surface area contributed by atoms with Crippen LogP contribution in [0.1, 0.15) is 0 Å². The molecule has 3 aromatic rings. The van der Waals surface area contributed by atoms with Crippen LogP contribution in [-0.2, 0) is 0 Å². The monoisotopic (exact) mass is 373 g/mol. The van der Waals surface area contributed by atoms with E-state index in [2.05, 4.69) is 17.0 Å². The molecule has 0 bridgehead atoms. The van der Waals surface area contributed by atoms with Gasteiger partial charge in [0.25, 0.3) is 0 Å². The van der Waals surface area contributed by atoms with E-state index < -0.39 is 0 Å². The Morgan fingerprint density at radius 3 is 2.64 bits per heavy atom. The summed E-state index contributed by atoms with van der Waals surface area (Å²) in [5, 5.41) is 0. The maximum atomic E-state index is 5.53. The van der Waals surface area contributed by atoms with Crippen LogP contribution in [0.25, 0.3) is 21.6 Å². The first-order chi connectivity index (χ1) is 12.2. The molecule has 4 rings (SSSR count). The molecule has 1 aromatic heterocycles. The number of rotatable bonds is 4. The zero-order chi connectivity index (χ0) is 17.4. The van der Waals surface area contributed by atoms with E-state index >= 15 is 0 Å². The summed E-state index contributed by atoms with van der Waals surface area (Å²) in [4.78, 5) is 1.80. The number of nitrogens with zero attached hydrogens (tertiary/aromatic N) is 1. The molecule has 0 fully saturated rings. The summed E-state index contributed by atoms with van der Waals surface area (Å²) in [5.41, 5.74) is 3.00. The van der Waals surface area contributed by atoms with E-state index in [1.807, 2.05) is 36.5 Å². The molecule has 128 valence electrons. The van der Waals surface area contributed by atoms with Crippen molar-refractivity contribution in [2.45, 2.75) is 4.90 Å². The quantitative estimate of drug-likeness (QED) is 0.682. The van der Waals surface area contributed by atoms with E-state index in [0.29, 0.717) is 17.2 Å². The lowest BCUT2D eigenvalue weighted by Gasteiger charge is -2.10. The molecule has 2 aromatic carbocycles. The topological polar surface area (TPSA) is 49.8 Å². The number of ether oxygens (including phenoxy) is 4. The third-order valence-corrected chi connectivity index (χ3v) is 5.18. The summed E-state index contributed by atoms with van der Waals surface area (Å²) in [6.45, 7) is 0.201. The van der Waals surface area contributed by atoms with E-state index in [9.17, 15) is 0 Å². The van der Waals surface area contributed by atoms with Gasteiger partial charge >= 0.3 is 0 Å². The van der Waals surface area contributed by atoms with Gasteiger partial charge in [0.1, 0.15) is 5.75 Å². The number of hydrogen-bond acceptors (Lipinski definition) is 7. The summed E-state index contributed by atoms with van der Waals surface area (Å²) in [6, 6.07) is 9.76. The highest BCUT2D eigenvalue weighted by Gasteiger charge is 2.22. The minimum Gasteiger partial charge on any atom is -0.496 e. The van der Waals surface area contributed by atoms with Crippen molar-refractivity contribution in [3.8, 4) is 44.6 Å². The Kier molecular flexibility index (Phi) is 4.19. The van der Waals surface area contributed by atoms with Crippen LogP contribution in [0.2, 0.25) is 0 Å². The van der Waals surface area contributed by atoms with Crippen molar-refractivity contribution < 1.29 is 18.9 Å². The Balaban J connectivity index is 1.82. The summed E-state index contributed by atoms with van der Waals surface area (Å²) in [6.07, 6.45) is 1.85. The van der Waals surface area contributed by atoms with Gasteiger partial charge in [-0.2, -0.15) is 4.37 Å². The van der Waals surface area contributed by atoms with E-state index in [0.717, 1.165) is 32.2 Å². The second-order valence-electron chi connectivity index (χ2n) is 5.37. The zero-order valence-corrected chi connectivity index (χ0v) is 15.3. The number of benzene rings is 2. The zero-order valence-electron chi connectivity index (χ0n) is 13.6. The fraction of sp³-hybridized carbons (Fsp3) is 0.167. The summed E-state index contributed by atoms with van der Waals surface area (Å²) < 4.78 is 26.1. The van der Waals surface area contributed by atoms with E-state index in [-0.39, 0.29) is 6.79 Å². The molecule has 0 spiro atoms. The number of fused-ring (bicyclic) bond motifs is 1. The lowest BCUT2D eigenvalue weighted by molar-refractivity contribution is 0.171. The Morgan fingerprint density at radius 1 is 1.04 bits per heavy atom. The molecule has 0 atom stereocenters. The molecular weight excluding hydrogens is 358 g/mol. The molecule has 0 saturated heterocycles. The van der Waals surface area contributed by atoms with Gasteiger partial charge in [-0.25, -0.2) is 0 Å². The van der Waals surface area contributed by atoms with Crippen molar-refractivity contribution in [1.82, 2.24) is 4.37 Å².